The second-order valence-electron chi connectivity index (χ2n) is 3.71. The fraction of sp³-hybridized carbons (Fsp3) is 0.231. The van der Waals surface area contributed by atoms with Crippen molar-refractivity contribution in [1.82, 2.24) is 4.98 Å². The number of aromatic nitrogens is 1. The van der Waals surface area contributed by atoms with E-state index in [1.54, 1.807) is 6.92 Å². The van der Waals surface area contributed by atoms with Crippen LogP contribution in [0.1, 0.15) is 23.0 Å². The average Bonchev–Trinajstić information content (AvgIpc) is 2.82. The van der Waals surface area contributed by atoms with Gasteiger partial charge in [-0.1, -0.05) is 22.0 Å². The molecule has 1 aromatic heterocycles. The number of nitrogens with zero attached hydrogens (tertiary/aromatic N) is 1. The number of carbonyl (C=O) groups excluding carboxylic acids is 1. The lowest BCUT2D eigenvalue weighted by molar-refractivity contribution is 0.0520. The molecule has 1 aromatic carbocycles. The summed E-state index contributed by atoms with van der Waals surface area (Å²) in [6, 6.07) is 5.69. The van der Waals surface area contributed by atoms with Gasteiger partial charge < -0.3 is 9.15 Å². The first kappa shape index (κ1) is 12.8. The summed E-state index contributed by atoms with van der Waals surface area (Å²) in [6.07, 6.45) is 1.25. The van der Waals surface area contributed by atoms with Crippen molar-refractivity contribution >= 4 is 21.9 Å². The largest absolute Gasteiger partial charge is 0.461 e. The topological polar surface area (TPSA) is 52.3 Å². The third-order valence-corrected chi connectivity index (χ3v) is 3.35. The first-order valence-electron chi connectivity index (χ1n) is 5.50. The molecular formula is C13H12BrNO3. The molecule has 0 aliphatic carbocycles. The lowest BCUT2D eigenvalue weighted by Gasteiger charge is -2.03. The van der Waals surface area contributed by atoms with Gasteiger partial charge in [0.05, 0.1) is 6.61 Å². The van der Waals surface area contributed by atoms with E-state index in [0.29, 0.717) is 12.4 Å². The molecule has 0 saturated heterocycles. The molecule has 0 saturated carbocycles. The molecule has 0 aliphatic rings. The molecule has 0 spiro atoms. The molecule has 0 amide bonds. The number of carbonyl (C=O) groups is 1. The molecule has 4 nitrogen and oxygen atoms in total. The highest BCUT2D eigenvalue weighted by Crippen LogP contribution is 2.27. The number of hydrogen-bond acceptors (Lipinski definition) is 4. The first-order valence-corrected chi connectivity index (χ1v) is 6.30. The van der Waals surface area contributed by atoms with Gasteiger partial charge in [0.15, 0.2) is 17.8 Å². The molecule has 5 heteroatoms. The number of rotatable bonds is 3. The number of hydrogen-bond donors (Lipinski definition) is 0. The zero-order valence-electron chi connectivity index (χ0n) is 10.1. The summed E-state index contributed by atoms with van der Waals surface area (Å²) in [4.78, 5) is 15.6. The van der Waals surface area contributed by atoms with Crippen molar-refractivity contribution in [2.75, 3.05) is 6.61 Å². The van der Waals surface area contributed by atoms with Gasteiger partial charge in [-0.25, -0.2) is 9.78 Å². The van der Waals surface area contributed by atoms with Crippen LogP contribution in [-0.4, -0.2) is 17.6 Å². The van der Waals surface area contributed by atoms with Crippen LogP contribution >= 0.6 is 15.9 Å². The van der Waals surface area contributed by atoms with Gasteiger partial charge in [0, 0.05) is 10.0 Å². The van der Waals surface area contributed by atoms with Crippen LogP contribution in [0.3, 0.4) is 0 Å². The molecule has 2 rings (SSSR count). The Labute approximate surface area is 113 Å². The van der Waals surface area contributed by atoms with Gasteiger partial charge in [-0.15, -0.1) is 0 Å². The molecule has 0 atom stereocenters. The summed E-state index contributed by atoms with van der Waals surface area (Å²) in [6.45, 7) is 4.03. The molecule has 2 aromatic rings. The Hall–Kier alpha value is -1.62. The Morgan fingerprint density at radius 3 is 2.94 bits per heavy atom. The van der Waals surface area contributed by atoms with Crippen molar-refractivity contribution < 1.29 is 13.9 Å². The van der Waals surface area contributed by atoms with Crippen LogP contribution in [-0.2, 0) is 4.74 Å². The smallest absolute Gasteiger partial charge is 0.360 e. The van der Waals surface area contributed by atoms with E-state index in [4.69, 9.17) is 9.15 Å². The Bertz CT molecular complexity index is 577. The summed E-state index contributed by atoms with van der Waals surface area (Å²) >= 11 is 3.43. The third-order valence-electron chi connectivity index (χ3n) is 2.46. The molecule has 0 aliphatic heterocycles. The summed E-state index contributed by atoms with van der Waals surface area (Å²) in [5.41, 5.74) is 2.06. The molecule has 94 valence electrons. The van der Waals surface area contributed by atoms with Crippen molar-refractivity contribution in [1.29, 1.82) is 0 Å². The van der Waals surface area contributed by atoms with Crippen molar-refractivity contribution in [3.8, 4) is 11.3 Å². The van der Waals surface area contributed by atoms with Crippen LogP contribution in [0, 0.1) is 6.92 Å². The zero-order valence-corrected chi connectivity index (χ0v) is 11.7. The van der Waals surface area contributed by atoms with Gasteiger partial charge in [0.2, 0.25) is 0 Å². The Kier molecular flexibility index (Phi) is 3.81. The minimum Gasteiger partial charge on any atom is -0.461 e. The van der Waals surface area contributed by atoms with E-state index < -0.39 is 5.97 Å². The van der Waals surface area contributed by atoms with Crippen LogP contribution in [0.5, 0.6) is 0 Å². The van der Waals surface area contributed by atoms with Crippen molar-refractivity contribution in [2.45, 2.75) is 13.8 Å². The number of halogens is 1. The number of ether oxygens (including phenoxy) is 1. The molecule has 1 heterocycles. The van der Waals surface area contributed by atoms with Gasteiger partial charge in [-0.3, -0.25) is 0 Å². The zero-order chi connectivity index (χ0) is 13.1. The summed E-state index contributed by atoms with van der Waals surface area (Å²) in [5.74, 6) is -0.0362. The number of aryl methyl sites for hydroxylation is 1. The van der Waals surface area contributed by atoms with Crippen molar-refractivity contribution in [3.05, 3.63) is 40.3 Å². The summed E-state index contributed by atoms with van der Waals surface area (Å²) in [5, 5.41) is 0. The lowest BCUT2D eigenvalue weighted by atomic mass is 10.1. The van der Waals surface area contributed by atoms with E-state index in [1.165, 1.54) is 6.39 Å². The monoisotopic (exact) mass is 309 g/mol. The molecule has 0 N–H and O–H groups in total. The maximum Gasteiger partial charge on any atom is 0.360 e. The van der Waals surface area contributed by atoms with E-state index >= 15 is 0 Å². The predicted octanol–water partition coefficient (Wildman–Crippen LogP) is 3.59. The number of benzene rings is 1. The third kappa shape index (κ3) is 2.46. The molecule has 0 fully saturated rings. The standard InChI is InChI=1S/C13H12BrNO3/c1-3-17-13(16)11-12(18-7-15-11)9-4-5-10(14)8(2)6-9/h4-7H,3H2,1-2H3. The fourth-order valence-corrected chi connectivity index (χ4v) is 1.83. The fourth-order valence-electron chi connectivity index (χ4n) is 1.58. The van der Waals surface area contributed by atoms with Crippen LogP contribution in [0.25, 0.3) is 11.3 Å². The number of esters is 1. The Morgan fingerprint density at radius 1 is 1.50 bits per heavy atom. The van der Waals surface area contributed by atoms with Gasteiger partial charge in [-0.2, -0.15) is 0 Å². The van der Waals surface area contributed by atoms with E-state index in [2.05, 4.69) is 20.9 Å². The Morgan fingerprint density at radius 2 is 2.28 bits per heavy atom. The minimum absolute atomic E-state index is 0.207. The van der Waals surface area contributed by atoms with Crippen molar-refractivity contribution in [3.63, 3.8) is 0 Å². The van der Waals surface area contributed by atoms with Crippen molar-refractivity contribution in [2.24, 2.45) is 0 Å². The van der Waals surface area contributed by atoms with E-state index in [0.717, 1.165) is 15.6 Å². The predicted molar refractivity (Wildman–Crippen MR) is 70.3 cm³/mol. The maximum absolute atomic E-state index is 11.7. The number of oxazole rings is 1. The van der Waals surface area contributed by atoms with Crippen LogP contribution < -0.4 is 0 Å². The van der Waals surface area contributed by atoms with Crippen LogP contribution in [0.2, 0.25) is 0 Å². The molecule has 0 bridgehead atoms. The van der Waals surface area contributed by atoms with Gasteiger partial charge in [0.25, 0.3) is 0 Å². The maximum atomic E-state index is 11.7. The first-order chi connectivity index (χ1) is 8.63. The van der Waals surface area contributed by atoms with Crippen LogP contribution in [0.4, 0.5) is 0 Å². The molecular weight excluding hydrogens is 298 g/mol. The van der Waals surface area contributed by atoms with Gasteiger partial charge in [-0.05, 0) is 31.5 Å². The van der Waals surface area contributed by atoms with E-state index in [9.17, 15) is 4.79 Å². The Balaban J connectivity index is 2.42. The highest BCUT2D eigenvalue weighted by atomic mass is 79.9. The van der Waals surface area contributed by atoms with Gasteiger partial charge in [0.1, 0.15) is 0 Å². The van der Waals surface area contributed by atoms with E-state index in [-0.39, 0.29) is 5.69 Å². The van der Waals surface area contributed by atoms with Crippen LogP contribution in [0.15, 0.2) is 33.5 Å². The highest BCUT2D eigenvalue weighted by molar-refractivity contribution is 9.10. The normalized spacial score (nSPS) is 10.4. The quantitative estimate of drug-likeness (QED) is 0.813. The van der Waals surface area contributed by atoms with E-state index in [1.807, 2.05) is 25.1 Å². The molecule has 18 heavy (non-hydrogen) atoms. The lowest BCUT2D eigenvalue weighted by Crippen LogP contribution is -2.06. The summed E-state index contributed by atoms with van der Waals surface area (Å²) in [7, 11) is 0. The molecule has 0 unspecified atom stereocenters. The van der Waals surface area contributed by atoms with Gasteiger partial charge >= 0.3 is 5.97 Å². The molecule has 0 radical (unpaired) electrons. The second-order valence-corrected chi connectivity index (χ2v) is 4.57. The summed E-state index contributed by atoms with van der Waals surface area (Å²) < 4.78 is 11.2. The minimum atomic E-state index is -0.471. The second kappa shape index (κ2) is 5.35. The highest BCUT2D eigenvalue weighted by Gasteiger charge is 2.19. The average molecular weight is 310 g/mol. The SMILES string of the molecule is CCOC(=O)c1ncoc1-c1ccc(Br)c(C)c1.